The molecule has 1 aromatic carbocycles. The molecule has 2 saturated carbocycles. The van der Waals surface area contributed by atoms with E-state index in [0.29, 0.717) is 0 Å². The van der Waals surface area contributed by atoms with Gasteiger partial charge in [-0.1, -0.05) is 12.2 Å². The zero-order valence-corrected chi connectivity index (χ0v) is 14.0. The van der Waals surface area contributed by atoms with E-state index in [1.807, 2.05) is 12.2 Å². The third-order valence-electron chi connectivity index (χ3n) is 5.70. The van der Waals surface area contributed by atoms with E-state index in [1.165, 1.54) is 0 Å². The van der Waals surface area contributed by atoms with Crippen LogP contribution in [0, 0.1) is 40.7 Å². The van der Waals surface area contributed by atoms with Crippen LogP contribution in [-0.2, 0) is 9.59 Å². The van der Waals surface area contributed by atoms with Crippen LogP contribution in [0.3, 0.4) is 0 Å². The average Bonchev–Trinajstić information content (AvgIpc) is 3.18. The smallest absolute Gasteiger partial charge is 0.307 e. The standard InChI is InChI=1S/C17H14BrF2NO3/c18-9-5-11(20)12(6-10(9)19)21-15(22)13-7-1-2-8(14(13)16(23)24)17(7)3-4-17/h1-2,5-8,13-14H,3-4H2,(H,21,22)(H,23,24)/t7-,8+,13?,14+/m0/s1. The highest BCUT2D eigenvalue weighted by Crippen LogP contribution is 2.72. The van der Waals surface area contributed by atoms with Gasteiger partial charge in [-0.15, -0.1) is 0 Å². The van der Waals surface area contributed by atoms with Crippen LogP contribution in [0.5, 0.6) is 0 Å². The van der Waals surface area contributed by atoms with Crippen LogP contribution in [0.2, 0.25) is 0 Å². The van der Waals surface area contributed by atoms with Crippen molar-refractivity contribution < 1.29 is 23.5 Å². The van der Waals surface area contributed by atoms with Gasteiger partial charge in [-0.3, -0.25) is 9.59 Å². The molecule has 126 valence electrons. The summed E-state index contributed by atoms with van der Waals surface area (Å²) in [6, 6.07) is 1.83. The molecule has 0 heterocycles. The molecule has 1 amide bonds. The number of aliphatic carboxylic acids is 1. The number of allylic oxidation sites excluding steroid dienone is 2. The summed E-state index contributed by atoms with van der Waals surface area (Å²) in [5.41, 5.74) is -0.393. The van der Waals surface area contributed by atoms with Gasteiger partial charge in [0.1, 0.15) is 11.6 Å². The molecular weight excluding hydrogens is 384 g/mol. The van der Waals surface area contributed by atoms with Crippen molar-refractivity contribution in [3.05, 3.63) is 40.4 Å². The molecule has 4 nitrogen and oxygen atoms in total. The van der Waals surface area contributed by atoms with E-state index in [2.05, 4.69) is 21.2 Å². The Balaban J connectivity index is 1.64. The molecule has 4 atom stereocenters. The highest BCUT2D eigenvalue weighted by atomic mass is 79.9. The summed E-state index contributed by atoms with van der Waals surface area (Å²) >= 11 is 2.88. The topological polar surface area (TPSA) is 66.4 Å². The van der Waals surface area contributed by atoms with Crippen LogP contribution in [0.1, 0.15) is 12.8 Å². The van der Waals surface area contributed by atoms with Crippen molar-refractivity contribution in [1.82, 2.24) is 0 Å². The number of rotatable bonds is 3. The Morgan fingerprint density at radius 3 is 2.33 bits per heavy atom. The van der Waals surface area contributed by atoms with Gasteiger partial charge in [0.2, 0.25) is 5.91 Å². The lowest BCUT2D eigenvalue weighted by Crippen LogP contribution is -2.36. The van der Waals surface area contributed by atoms with Crippen molar-refractivity contribution in [2.45, 2.75) is 12.8 Å². The number of carboxylic acid groups (broad SMARTS) is 1. The van der Waals surface area contributed by atoms with E-state index in [9.17, 15) is 23.5 Å². The lowest BCUT2D eigenvalue weighted by molar-refractivity contribution is -0.146. The number of hydrogen-bond acceptors (Lipinski definition) is 2. The lowest BCUT2D eigenvalue weighted by Gasteiger charge is -2.23. The number of carboxylic acids is 1. The van der Waals surface area contributed by atoms with Crippen molar-refractivity contribution in [2.75, 3.05) is 5.32 Å². The molecule has 2 N–H and O–H groups in total. The van der Waals surface area contributed by atoms with Crippen LogP contribution in [0.15, 0.2) is 28.8 Å². The van der Waals surface area contributed by atoms with Gasteiger partial charge in [0.25, 0.3) is 0 Å². The fraction of sp³-hybridized carbons (Fsp3) is 0.412. The molecule has 0 aliphatic heterocycles. The van der Waals surface area contributed by atoms with Crippen LogP contribution in [-0.4, -0.2) is 17.0 Å². The molecule has 3 aliphatic rings. The third-order valence-corrected chi connectivity index (χ3v) is 6.30. The maximum absolute atomic E-state index is 13.9. The maximum atomic E-state index is 13.9. The van der Waals surface area contributed by atoms with Gasteiger partial charge in [0, 0.05) is 6.07 Å². The lowest BCUT2D eigenvalue weighted by atomic mass is 9.82. The molecule has 7 heteroatoms. The largest absolute Gasteiger partial charge is 0.481 e. The zero-order chi connectivity index (χ0) is 17.2. The number of carbonyl (C=O) groups is 2. The van der Waals surface area contributed by atoms with Gasteiger partial charge >= 0.3 is 5.97 Å². The Labute approximate surface area is 145 Å². The highest BCUT2D eigenvalue weighted by molar-refractivity contribution is 9.10. The molecule has 1 unspecified atom stereocenters. The van der Waals surface area contributed by atoms with E-state index in [0.717, 1.165) is 25.0 Å². The number of hydrogen-bond donors (Lipinski definition) is 2. The minimum Gasteiger partial charge on any atom is -0.481 e. The monoisotopic (exact) mass is 397 g/mol. The number of anilines is 1. The Morgan fingerprint density at radius 1 is 1.12 bits per heavy atom. The summed E-state index contributed by atoms with van der Waals surface area (Å²) in [5.74, 6) is -4.92. The summed E-state index contributed by atoms with van der Waals surface area (Å²) in [6.07, 6.45) is 5.63. The summed E-state index contributed by atoms with van der Waals surface area (Å²) in [6.45, 7) is 0. The number of nitrogens with one attached hydrogen (secondary N) is 1. The summed E-state index contributed by atoms with van der Waals surface area (Å²) in [7, 11) is 0. The highest BCUT2D eigenvalue weighted by Gasteiger charge is 2.70. The average molecular weight is 398 g/mol. The van der Waals surface area contributed by atoms with E-state index in [-0.39, 0.29) is 27.4 Å². The second-order valence-corrected chi connectivity index (χ2v) is 7.65. The van der Waals surface area contributed by atoms with Crippen LogP contribution < -0.4 is 5.32 Å². The molecule has 2 fully saturated rings. The van der Waals surface area contributed by atoms with E-state index in [4.69, 9.17) is 0 Å². The molecule has 0 saturated heterocycles. The molecule has 0 aromatic heterocycles. The van der Waals surface area contributed by atoms with E-state index in [1.54, 1.807) is 0 Å². The van der Waals surface area contributed by atoms with Gasteiger partial charge in [0.05, 0.1) is 22.0 Å². The molecule has 1 aromatic rings. The van der Waals surface area contributed by atoms with Crippen molar-refractivity contribution in [3.8, 4) is 0 Å². The fourth-order valence-electron chi connectivity index (χ4n) is 4.53. The molecule has 24 heavy (non-hydrogen) atoms. The normalized spacial score (nSPS) is 31.5. The second kappa shape index (κ2) is 5.12. The van der Waals surface area contributed by atoms with Crippen LogP contribution in [0.4, 0.5) is 14.5 Å². The first-order chi connectivity index (χ1) is 11.3. The second-order valence-electron chi connectivity index (χ2n) is 6.79. The minimum atomic E-state index is -1.01. The van der Waals surface area contributed by atoms with Gasteiger partial charge in [-0.05, 0) is 52.1 Å². The number of carbonyl (C=O) groups excluding carboxylic acids is 1. The SMILES string of the molecule is O=C(Nc1cc(F)c(Br)cc1F)C1[C@H](C(=O)O)[C@H]2C=C[C@@H]1C21CC1. The molecule has 0 radical (unpaired) electrons. The maximum Gasteiger partial charge on any atom is 0.307 e. The molecule has 4 rings (SSSR count). The van der Waals surface area contributed by atoms with Crippen LogP contribution in [0.25, 0.3) is 0 Å². The van der Waals surface area contributed by atoms with Gasteiger partial charge in [-0.2, -0.15) is 0 Å². The Hall–Kier alpha value is -1.76. The summed E-state index contributed by atoms with van der Waals surface area (Å²) < 4.78 is 27.5. The molecule has 2 bridgehead atoms. The van der Waals surface area contributed by atoms with Gasteiger partial charge in [0.15, 0.2) is 0 Å². The van der Waals surface area contributed by atoms with Gasteiger partial charge in [-0.25, -0.2) is 8.78 Å². The predicted molar refractivity (Wildman–Crippen MR) is 85.1 cm³/mol. The Morgan fingerprint density at radius 2 is 1.75 bits per heavy atom. The number of benzene rings is 1. The summed E-state index contributed by atoms with van der Waals surface area (Å²) in [4.78, 5) is 24.4. The predicted octanol–water partition coefficient (Wildman–Crippen LogP) is 3.58. The summed E-state index contributed by atoms with van der Waals surface area (Å²) in [5, 5.41) is 11.9. The first-order valence-electron chi connectivity index (χ1n) is 7.72. The Bertz CT molecular complexity index is 790. The van der Waals surface area contributed by atoms with E-state index >= 15 is 0 Å². The van der Waals surface area contributed by atoms with Crippen molar-refractivity contribution >= 4 is 33.5 Å². The van der Waals surface area contributed by atoms with Crippen molar-refractivity contribution in [1.29, 1.82) is 0 Å². The first-order valence-corrected chi connectivity index (χ1v) is 8.51. The van der Waals surface area contributed by atoms with E-state index < -0.39 is 35.3 Å². The third kappa shape index (κ3) is 2.06. The Kier molecular flexibility index (Phi) is 3.36. The van der Waals surface area contributed by atoms with Crippen LogP contribution >= 0.6 is 15.9 Å². The fourth-order valence-corrected chi connectivity index (χ4v) is 4.84. The molecule has 1 spiro atoms. The number of amides is 1. The van der Waals surface area contributed by atoms with Gasteiger partial charge < -0.3 is 10.4 Å². The molecular formula is C17H14BrF2NO3. The quantitative estimate of drug-likeness (QED) is 0.604. The van der Waals surface area contributed by atoms with Crippen molar-refractivity contribution in [2.24, 2.45) is 29.1 Å². The number of halogens is 3. The zero-order valence-electron chi connectivity index (χ0n) is 12.4. The minimum absolute atomic E-state index is 0.0406. The van der Waals surface area contributed by atoms with Crippen molar-refractivity contribution in [3.63, 3.8) is 0 Å². The first kappa shape index (κ1) is 15.7. The molecule has 3 aliphatic carbocycles.